The lowest BCUT2D eigenvalue weighted by molar-refractivity contribution is -0.130. The zero-order valence-electron chi connectivity index (χ0n) is 11.0. The van der Waals surface area contributed by atoms with Crippen LogP contribution in [0.3, 0.4) is 0 Å². The average molecular weight is 289 g/mol. The van der Waals surface area contributed by atoms with Crippen molar-refractivity contribution >= 4 is 22.9 Å². The molecule has 1 aromatic heterocycles. The molecule has 0 saturated heterocycles. The van der Waals surface area contributed by atoms with Crippen molar-refractivity contribution in [3.63, 3.8) is 0 Å². The van der Waals surface area contributed by atoms with E-state index in [2.05, 4.69) is 6.92 Å². The highest BCUT2D eigenvalue weighted by Crippen LogP contribution is 2.38. The quantitative estimate of drug-likeness (QED) is 0.910. The Morgan fingerprint density at radius 1 is 1.61 bits per heavy atom. The fourth-order valence-electron chi connectivity index (χ4n) is 3.01. The van der Waals surface area contributed by atoms with E-state index in [1.165, 1.54) is 17.8 Å². The van der Waals surface area contributed by atoms with E-state index in [0.717, 1.165) is 28.5 Å². The fraction of sp³-hybridized carbons (Fsp3) is 0.714. The first-order valence-corrected chi connectivity index (χ1v) is 7.72. The SMILES string of the molecule is COC1(C(O)Cc2ccc(Cl)s2)CCCC(C)C1. The Balaban J connectivity index is 2.07. The second-order valence-corrected chi connectivity index (χ2v) is 7.20. The first-order chi connectivity index (χ1) is 8.55. The van der Waals surface area contributed by atoms with Crippen LogP contribution in [0.1, 0.15) is 37.5 Å². The molecule has 1 N–H and O–H groups in total. The second-order valence-electron chi connectivity index (χ2n) is 5.40. The largest absolute Gasteiger partial charge is 0.390 e. The molecule has 2 nitrogen and oxygen atoms in total. The minimum atomic E-state index is -0.444. The van der Waals surface area contributed by atoms with Gasteiger partial charge in [-0.3, -0.25) is 0 Å². The summed E-state index contributed by atoms with van der Waals surface area (Å²) in [5.41, 5.74) is -0.367. The maximum atomic E-state index is 10.5. The molecule has 3 unspecified atom stereocenters. The van der Waals surface area contributed by atoms with Gasteiger partial charge in [-0.15, -0.1) is 11.3 Å². The molecule has 1 aliphatic carbocycles. The number of halogens is 1. The Hall–Kier alpha value is -0.0900. The van der Waals surface area contributed by atoms with Crippen molar-refractivity contribution in [1.82, 2.24) is 0 Å². The van der Waals surface area contributed by atoms with Gasteiger partial charge in [0, 0.05) is 18.4 Å². The minimum Gasteiger partial charge on any atom is -0.390 e. The maximum absolute atomic E-state index is 10.5. The smallest absolute Gasteiger partial charge is 0.0942 e. The van der Waals surface area contributed by atoms with E-state index in [1.807, 2.05) is 12.1 Å². The van der Waals surface area contributed by atoms with Crippen molar-refractivity contribution in [2.75, 3.05) is 7.11 Å². The normalized spacial score (nSPS) is 30.3. The van der Waals surface area contributed by atoms with Crippen molar-refractivity contribution in [2.45, 2.75) is 50.7 Å². The second kappa shape index (κ2) is 5.91. The van der Waals surface area contributed by atoms with Crippen molar-refractivity contribution in [3.8, 4) is 0 Å². The molecular weight excluding hydrogens is 268 g/mol. The molecule has 0 amide bonds. The Kier molecular flexibility index (Phi) is 4.70. The average Bonchev–Trinajstić information content (AvgIpc) is 2.74. The number of aliphatic hydroxyl groups excluding tert-OH is 1. The topological polar surface area (TPSA) is 29.5 Å². The Labute approximate surface area is 118 Å². The standard InChI is InChI=1S/C14H21ClO2S/c1-10-4-3-7-14(9-10,17-2)12(16)8-11-5-6-13(15)18-11/h5-6,10,12,16H,3-4,7-9H2,1-2H3. The van der Waals surface area contributed by atoms with Crippen molar-refractivity contribution < 1.29 is 9.84 Å². The van der Waals surface area contributed by atoms with Gasteiger partial charge < -0.3 is 9.84 Å². The van der Waals surface area contributed by atoms with Crippen LogP contribution in [0.4, 0.5) is 0 Å². The predicted octanol–water partition coefficient (Wildman–Crippen LogP) is 3.90. The highest BCUT2D eigenvalue weighted by atomic mass is 35.5. The van der Waals surface area contributed by atoms with Crippen molar-refractivity contribution in [1.29, 1.82) is 0 Å². The summed E-state index contributed by atoms with van der Waals surface area (Å²) in [5, 5.41) is 10.5. The Morgan fingerprint density at radius 3 is 2.94 bits per heavy atom. The number of aliphatic hydroxyl groups is 1. The lowest BCUT2D eigenvalue weighted by atomic mass is 9.74. The summed E-state index contributed by atoms with van der Waals surface area (Å²) in [5.74, 6) is 0.625. The van der Waals surface area contributed by atoms with Gasteiger partial charge in [-0.2, -0.15) is 0 Å². The summed E-state index contributed by atoms with van der Waals surface area (Å²) >= 11 is 7.47. The van der Waals surface area contributed by atoms with E-state index in [-0.39, 0.29) is 5.60 Å². The molecule has 2 rings (SSSR count). The molecule has 4 heteroatoms. The molecule has 0 bridgehead atoms. The van der Waals surface area contributed by atoms with Gasteiger partial charge in [0.25, 0.3) is 0 Å². The summed E-state index contributed by atoms with van der Waals surface area (Å²) in [7, 11) is 1.72. The predicted molar refractivity (Wildman–Crippen MR) is 76.4 cm³/mol. The van der Waals surface area contributed by atoms with Gasteiger partial charge in [-0.25, -0.2) is 0 Å². The van der Waals surface area contributed by atoms with Gasteiger partial charge >= 0.3 is 0 Å². The third kappa shape index (κ3) is 3.08. The molecule has 0 spiro atoms. The van der Waals surface area contributed by atoms with Crippen LogP contribution in [0, 0.1) is 5.92 Å². The Bertz CT molecular complexity index is 393. The summed E-state index contributed by atoms with van der Waals surface area (Å²) in [6.07, 6.45) is 4.47. The lowest BCUT2D eigenvalue weighted by Gasteiger charge is -2.42. The van der Waals surface area contributed by atoms with Crippen LogP contribution in [0.25, 0.3) is 0 Å². The van der Waals surface area contributed by atoms with E-state index in [1.54, 1.807) is 7.11 Å². The monoisotopic (exact) mass is 288 g/mol. The van der Waals surface area contributed by atoms with E-state index < -0.39 is 6.10 Å². The van der Waals surface area contributed by atoms with Crippen LogP contribution in [0.2, 0.25) is 4.34 Å². The van der Waals surface area contributed by atoms with Gasteiger partial charge in [-0.1, -0.05) is 31.4 Å². The van der Waals surface area contributed by atoms with Crippen LogP contribution < -0.4 is 0 Å². The fourth-order valence-corrected chi connectivity index (χ4v) is 4.13. The molecule has 1 aromatic rings. The molecule has 1 saturated carbocycles. The van der Waals surface area contributed by atoms with E-state index in [0.29, 0.717) is 12.3 Å². The lowest BCUT2D eigenvalue weighted by Crippen LogP contribution is -2.48. The van der Waals surface area contributed by atoms with Crippen LogP contribution in [0.5, 0.6) is 0 Å². The molecule has 0 radical (unpaired) electrons. The molecule has 102 valence electrons. The molecule has 0 aromatic carbocycles. The van der Waals surface area contributed by atoms with E-state index in [4.69, 9.17) is 16.3 Å². The maximum Gasteiger partial charge on any atom is 0.0942 e. The van der Waals surface area contributed by atoms with Crippen LogP contribution in [0.15, 0.2) is 12.1 Å². The van der Waals surface area contributed by atoms with Crippen molar-refractivity contribution in [2.24, 2.45) is 5.92 Å². The van der Waals surface area contributed by atoms with E-state index >= 15 is 0 Å². The summed E-state index contributed by atoms with van der Waals surface area (Å²) in [6.45, 7) is 2.24. The zero-order valence-corrected chi connectivity index (χ0v) is 12.6. The molecule has 1 fully saturated rings. The zero-order chi connectivity index (χ0) is 13.2. The summed E-state index contributed by atoms with van der Waals surface area (Å²) < 4.78 is 6.49. The molecule has 1 aliphatic rings. The molecule has 3 atom stereocenters. The number of hydrogen-bond acceptors (Lipinski definition) is 3. The summed E-state index contributed by atoms with van der Waals surface area (Å²) in [4.78, 5) is 1.13. The van der Waals surface area contributed by atoms with Crippen LogP contribution in [-0.4, -0.2) is 23.9 Å². The van der Waals surface area contributed by atoms with Crippen molar-refractivity contribution in [3.05, 3.63) is 21.3 Å². The number of hydrogen-bond donors (Lipinski definition) is 1. The number of methoxy groups -OCH3 is 1. The highest BCUT2D eigenvalue weighted by molar-refractivity contribution is 7.16. The highest BCUT2D eigenvalue weighted by Gasteiger charge is 2.41. The molecular formula is C14H21ClO2S. The molecule has 1 heterocycles. The summed E-state index contributed by atoms with van der Waals surface area (Å²) in [6, 6.07) is 3.88. The number of rotatable bonds is 4. The number of thiophene rings is 1. The minimum absolute atomic E-state index is 0.367. The van der Waals surface area contributed by atoms with Gasteiger partial charge in [-0.05, 0) is 30.9 Å². The molecule has 18 heavy (non-hydrogen) atoms. The molecule has 0 aliphatic heterocycles. The van der Waals surface area contributed by atoms with Crippen LogP contribution in [-0.2, 0) is 11.2 Å². The van der Waals surface area contributed by atoms with Crippen LogP contribution >= 0.6 is 22.9 Å². The first-order valence-electron chi connectivity index (χ1n) is 6.53. The van der Waals surface area contributed by atoms with E-state index in [9.17, 15) is 5.11 Å². The third-order valence-electron chi connectivity index (χ3n) is 4.03. The van der Waals surface area contributed by atoms with Gasteiger partial charge in [0.2, 0.25) is 0 Å². The number of ether oxygens (including phenoxy) is 1. The third-order valence-corrected chi connectivity index (χ3v) is 5.28. The Morgan fingerprint density at radius 2 is 2.39 bits per heavy atom. The van der Waals surface area contributed by atoms with Gasteiger partial charge in [0.05, 0.1) is 16.0 Å². The van der Waals surface area contributed by atoms with Gasteiger partial charge in [0.1, 0.15) is 0 Å². The first kappa shape index (κ1) is 14.3. The van der Waals surface area contributed by atoms with Gasteiger partial charge in [0.15, 0.2) is 0 Å².